The van der Waals surface area contributed by atoms with Crippen molar-refractivity contribution in [2.45, 2.75) is 44.2 Å². The Kier molecular flexibility index (Phi) is 3.09. The van der Waals surface area contributed by atoms with E-state index in [1.165, 1.54) is 12.8 Å². The van der Waals surface area contributed by atoms with E-state index in [0.717, 1.165) is 19.3 Å². The zero-order chi connectivity index (χ0) is 9.80. The summed E-state index contributed by atoms with van der Waals surface area (Å²) in [5.74, 6) is 0. The lowest BCUT2D eigenvalue weighted by Crippen LogP contribution is -2.36. The molecule has 0 saturated heterocycles. The zero-order valence-corrected chi connectivity index (χ0v) is 8.39. The molecule has 2 N–H and O–H groups in total. The largest absolute Gasteiger partial charge is 0.391 e. The maximum absolute atomic E-state index is 9.87. The highest BCUT2D eigenvalue weighted by molar-refractivity contribution is 4.97. The van der Waals surface area contributed by atoms with Crippen LogP contribution in [0.15, 0.2) is 24.5 Å². The van der Waals surface area contributed by atoms with E-state index in [-0.39, 0.29) is 12.1 Å². The molecule has 1 aromatic heterocycles. The van der Waals surface area contributed by atoms with E-state index in [0.29, 0.717) is 0 Å². The standard InChI is InChI=1S/C11H18N2O/c14-11-7-3-1-2-6-10(11)12-13-8-4-5-9-13/h4-5,8-12,14H,1-3,6-7H2. The summed E-state index contributed by atoms with van der Waals surface area (Å²) in [5, 5.41) is 9.87. The molecule has 1 heterocycles. The van der Waals surface area contributed by atoms with Crippen molar-refractivity contribution in [3.05, 3.63) is 24.5 Å². The molecule has 3 heteroatoms. The minimum Gasteiger partial charge on any atom is -0.391 e. The van der Waals surface area contributed by atoms with E-state index in [1.807, 2.05) is 29.2 Å². The fourth-order valence-corrected chi connectivity index (χ4v) is 2.05. The smallest absolute Gasteiger partial charge is 0.0756 e. The van der Waals surface area contributed by atoms with E-state index >= 15 is 0 Å². The van der Waals surface area contributed by atoms with Gasteiger partial charge in [0.05, 0.1) is 12.1 Å². The van der Waals surface area contributed by atoms with Crippen molar-refractivity contribution in [2.75, 3.05) is 5.43 Å². The molecule has 1 aromatic rings. The molecule has 14 heavy (non-hydrogen) atoms. The van der Waals surface area contributed by atoms with Crippen LogP contribution >= 0.6 is 0 Å². The van der Waals surface area contributed by atoms with E-state index in [4.69, 9.17) is 0 Å². The average molecular weight is 194 g/mol. The lowest BCUT2D eigenvalue weighted by molar-refractivity contribution is 0.139. The van der Waals surface area contributed by atoms with Gasteiger partial charge in [-0.3, -0.25) is 4.68 Å². The number of rotatable bonds is 2. The second kappa shape index (κ2) is 4.51. The highest BCUT2D eigenvalue weighted by Crippen LogP contribution is 2.18. The van der Waals surface area contributed by atoms with Crippen molar-refractivity contribution in [1.29, 1.82) is 0 Å². The summed E-state index contributed by atoms with van der Waals surface area (Å²) in [4.78, 5) is 0. The maximum atomic E-state index is 9.87. The first kappa shape index (κ1) is 9.59. The molecule has 1 aliphatic rings. The minimum atomic E-state index is -0.195. The van der Waals surface area contributed by atoms with Crippen LogP contribution in [0, 0.1) is 0 Å². The molecule has 0 spiro atoms. The molecule has 2 unspecified atom stereocenters. The van der Waals surface area contributed by atoms with Crippen molar-refractivity contribution in [3.8, 4) is 0 Å². The third kappa shape index (κ3) is 2.29. The molecule has 0 aliphatic heterocycles. The van der Waals surface area contributed by atoms with Crippen molar-refractivity contribution >= 4 is 0 Å². The fraction of sp³-hybridized carbons (Fsp3) is 0.636. The van der Waals surface area contributed by atoms with Crippen LogP contribution in [0.4, 0.5) is 0 Å². The highest BCUT2D eigenvalue weighted by Gasteiger charge is 2.20. The molecular weight excluding hydrogens is 176 g/mol. The predicted molar refractivity (Wildman–Crippen MR) is 56.7 cm³/mol. The van der Waals surface area contributed by atoms with Gasteiger partial charge in [0.1, 0.15) is 0 Å². The van der Waals surface area contributed by atoms with Gasteiger partial charge in [-0.25, -0.2) is 0 Å². The molecule has 2 rings (SSSR count). The van der Waals surface area contributed by atoms with Gasteiger partial charge in [0.15, 0.2) is 0 Å². The van der Waals surface area contributed by atoms with Gasteiger partial charge in [0, 0.05) is 12.4 Å². The molecule has 2 atom stereocenters. The molecule has 0 amide bonds. The zero-order valence-electron chi connectivity index (χ0n) is 8.39. The molecule has 3 nitrogen and oxygen atoms in total. The number of aliphatic hydroxyl groups excluding tert-OH is 1. The van der Waals surface area contributed by atoms with Gasteiger partial charge in [-0.05, 0) is 25.0 Å². The maximum Gasteiger partial charge on any atom is 0.0756 e. The summed E-state index contributed by atoms with van der Waals surface area (Å²) in [6.07, 6.45) is 9.37. The van der Waals surface area contributed by atoms with E-state index in [9.17, 15) is 5.11 Å². The summed E-state index contributed by atoms with van der Waals surface area (Å²) >= 11 is 0. The molecule has 0 bridgehead atoms. The number of hydrogen-bond donors (Lipinski definition) is 2. The third-order valence-electron chi connectivity index (χ3n) is 2.90. The lowest BCUT2D eigenvalue weighted by Gasteiger charge is -2.23. The van der Waals surface area contributed by atoms with Gasteiger partial charge in [-0.2, -0.15) is 0 Å². The Morgan fingerprint density at radius 3 is 2.57 bits per heavy atom. The average Bonchev–Trinajstić information content (AvgIpc) is 2.60. The third-order valence-corrected chi connectivity index (χ3v) is 2.90. The number of nitrogens with zero attached hydrogens (tertiary/aromatic N) is 1. The fourth-order valence-electron chi connectivity index (χ4n) is 2.05. The topological polar surface area (TPSA) is 37.2 Å². The van der Waals surface area contributed by atoms with Crippen molar-refractivity contribution < 1.29 is 5.11 Å². The van der Waals surface area contributed by atoms with Crippen LogP contribution in [-0.2, 0) is 0 Å². The molecule has 1 fully saturated rings. The molecule has 1 saturated carbocycles. The Morgan fingerprint density at radius 2 is 1.79 bits per heavy atom. The summed E-state index contributed by atoms with van der Waals surface area (Å²) in [6, 6.07) is 4.18. The molecule has 0 aromatic carbocycles. The predicted octanol–water partition coefficient (Wildman–Crippen LogP) is 1.73. The number of aromatic nitrogens is 1. The summed E-state index contributed by atoms with van der Waals surface area (Å²) in [6.45, 7) is 0. The minimum absolute atomic E-state index is 0.195. The van der Waals surface area contributed by atoms with Gasteiger partial charge in [-0.15, -0.1) is 0 Å². The SMILES string of the molecule is OC1CCCCCC1Nn1cccc1. The normalized spacial score (nSPS) is 28.4. The van der Waals surface area contributed by atoms with Crippen LogP contribution in [0.3, 0.4) is 0 Å². The van der Waals surface area contributed by atoms with Crippen molar-refractivity contribution in [1.82, 2.24) is 4.68 Å². The number of hydrogen-bond acceptors (Lipinski definition) is 2. The van der Waals surface area contributed by atoms with Crippen molar-refractivity contribution in [2.24, 2.45) is 0 Å². The second-order valence-electron chi connectivity index (χ2n) is 4.03. The molecular formula is C11H18N2O. The van der Waals surface area contributed by atoms with E-state index in [1.54, 1.807) is 0 Å². The van der Waals surface area contributed by atoms with Crippen LogP contribution in [0.1, 0.15) is 32.1 Å². The summed E-state index contributed by atoms with van der Waals surface area (Å²) in [5.41, 5.74) is 3.32. The Labute approximate surface area is 84.7 Å². The summed E-state index contributed by atoms with van der Waals surface area (Å²) in [7, 11) is 0. The number of nitrogens with one attached hydrogen (secondary N) is 1. The molecule has 0 radical (unpaired) electrons. The van der Waals surface area contributed by atoms with Crippen LogP contribution in [0.25, 0.3) is 0 Å². The number of aliphatic hydroxyl groups is 1. The Bertz CT molecular complexity index is 258. The Balaban J connectivity index is 1.94. The van der Waals surface area contributed by atoms with Gasteiger partial charge in [-0.1, -0.05) is 19.3 Å². The molecule has 78 valence electrons. The van der Waals surface area contributed by atoms with Crippen LogP contribution in [-0.4, -0.2) is 21.9 Å². The summed E-state index contributed by atoms with van der Waals surface area (Å²) < 4.78 is 1.93. The monoisotopic (exact) mass is 194 g/mol. The first-order valence-electron chi connectivity index (χ1n) is 5.44. The van der Waals surface area contributed by atoms with E-state index < -0.39 is 0 Å². The van der Waals surface area contributed by atoms with Crippen LogP contribution < -0.4 is 5.43 Å². The Morgan fingerprint density at radius 1 is 1.07 bits per heavy atom. The first-order chi connectivity index (χ1) is 6.86. The van der Waals surface area contributed by atoms with Crippen LogP contribution in [0.2, 0.25) is 0 Å². The van der Waals surface area contributed by atoms with Gasteiger partial charge >= 0.3 is 0 Å². The first-order valence-corrected chi connectivity index (χ1v) is 5.44. The van der Waals surface area contributed by atoms with Gasteiger partial charge in [0.2, 0.25) is 0 Å². The Hall–Kier alpha value is -0.960. The molecule has 1 aliphatic carbocycles. The van der Waals surface area contributed by atoms with Crippen LogP contribution in [0.5, 0.6) is 0 Å². The van der Waals surface area contributed by atoms with Gasteiger partial charge < -0.3 is 10.5 Å². The van der Waals surface area contributed by atoms with E-state index in [2.05, 4.69) is 5.43 Å². The highest BCUT2D eigenvalue weighted by atomic mass is 16.3. The van der Waals surface area contributed by atoms with Crippen molar-refractivity contribution in [3.63, 3.8) is 0 Å². The second-order valence-corrected chi connectivity index (χ2v) is 4.03. The lowest BCUT2D eigenvalue weighted by atomic mass is 10.1. The van der Waals surface area contributed by atoms with Gasteiger partial charge in [0.25, 0.3) is 0 Å². The quantitative estimate of drug-likeness (QED) is 0.703.